The lowest BCUT2D eigenvalue weighted by Crippen LogP contribution is -2.59. The van der Waals surface area contributed by atoms with E-state index in [1.165, 1.54) is 0 Å². The molecule has 1 saturated carbocycles. The van der Waals surface area contributed by atoms with Gasteiger partial charge in [0.2, 0.25) is 11.8 Å². The zero-order valence-electron chi connectivity index (χ0n) is 26.1. The number of hydrogen-bond donors (Lipinski definition) is 2. The summed E-state index contributed by atoms with van der Waals surface area (Å²) < 4.78 is 49.9. The first-order valence-electron chi connectivity index (χ1n) is 14.9. The van der Waals surface area contributed by atoms with Crippen molar-refractivity contribution in [2.24, 2.45) is 11.3 Å². The lowest BCUT2D eigenvalue weighted by Gasteiger charge is -2.53. The molecule has 2 fully saturated rings. The van der Waals surface area contributed by atoms with Crippen LogP contribution in [0.4, 0.5) is 0 Å². The van der Waals surface area contributed by atoms with Crippen LogP contribution in [0.25, 0.3) is 0 Å². The molecule has 5 atom stereocenters. The van der Waals surface area contributed by atoms with Crippen LogP contribution in [0.2, 0.25) is 10.0 Å². The van der Waals surface area contributed by atoms with Gasteiger partial charge in [-0.05, 0) is 81.3 Å². The number of hydrogen-bond acceptors (Lipinski definition) is 6. The summed E-state index contributed by atoms with van der Waals surface area (Å²) >= 11 is 12.7. The molecule has 44 heavy (non-hydrogen) atoms. The number of nitrogens with one attached hydrogen (secondary N) is 2. The van der Waals surface area contributed by atoms with Crippen molar-refractivity contribution in [2.75, 3.05) is 5.75 Å². The Labute approximate surface area is 272 Å². The van der Waals surface area contributed by atoms with Crippen LogP contribution in [0.15, 0.2) is 48.5 Å². The summed E-state index contributed by atoms with van der Waals surface area (Å²) in [4.78, 5) is 30.0. The zero-order chi connectivity index (χ0) is 32.8. The predicted molar refractivity (Wildman–Crippen MR) is 177 cm³/mol. The second kappa shape index (κ2) is 12.6. The van der Waals surface area contributed by atoms with Crippen LogP contribution in [0.3, 0.4) is 0 Å². The highest BCUT2D eigenvalue weighted by Gasteiger charge is 2.54. The Balaban J connectivity index is 1.88. The standard InChI is InChI=1S/C32H43Cl2N3O5S2/c1-20(2)27(19-43(40,41)21(3)4)37-29(22-10-12-24(33)13-11-22)26(23-8-7-9-25(34)16-23)17-31(5,30(37)39)18-28(38)36-44(35,42)32(6)14-15-32/h7-13,16,20-21,26-27,29H,14-15,17-19H2,1-6H3,(H2,35,36,38,42)/t26-,27?,29-,31-,44?/m1/s1. The second-order valence-corrected chi connectivity index (χ2v) is 19.3. The Morgan fingerprint density at radius 2 is 1.61 bits per heavy atom. The van der Waals surface area contributed by atoms with Gasteiger partial charge in [-0.3, -0.25) is 14.3 Å². The van der Waals surface area contributed by atoms with Crippen molar-refractivity contribution in [3.63, 3.8) is 0 Å². The number of carbonyl (C=O) groups is 2. The summed E-state index contributed by atoms with van der Waals surface area (Å²) in [6.45, 7) is 10.5. The molecule has 2 amide bonds. The van der Waals surface area contributed by atoms with E-state index < -0.39 is 53.2 Å². The molecule has 2 aromatic carbocycles. The van der Waals surface area contributed by atoms with Crippen LogP contribution in [-0.4, -0.2) is 51.1 Å². The Kier molecular flexibility index (Phi) is 9.92. The Bertz CT molecular complexity index is 1620. The molecule has 242 valence electrons. The minimum absolute atomic E-state index is 0.238. The van der Waals surface area contributed by atoms with Crippen LogP contribution >= 0.6 is 23.2 Å². The van der Waals surface area contributed by atoms with Gasteiger partial charge in [-0.1, -0.05) is 68.2 Å². The molecule has 1 aliphatic carbocycles. The van der Waals surface area contributed by atoms with E-state index in [0.717, 1.165) is 11.1 Å². The Morgan fingerprint density at radius 3 is 2.14 bits per heavy atom. The second-order valence-electron chi connectivity index (χ2n) is 13.5. The van der Waals surface area contributed by atoms with E-state index in [1.807, 2.05) is 44.2 Å². The molecule has 12 heteroatoms. The first-order valence-corrected chi connectivity index (χ1v) is 19.0. The first kappa shape index (κ1) is 34.7. The fourth-order valence-electron chi connectivity index (χ4n) is 6.07. The van der Waals surface area contributed by atoms with Crippen molar-refractivity contribution in [2.45, 2.75) is 95.2 Å². The molecule has 2 unspecified atom stereocenters. The van der Waals surface area contributed by atoms with E-state index in [4.69, 9.17) is 28.0 Å². The number of piperidine rings is 1. The summed E-state index contributed by atoms with van der Waals surface area (Å²) in [5.41, 5.74) is 0.322. The quantitative estimate of drug-likeness (QED) is 0.266. The first-order chi connectivity index (χ1) is 20.3. The SMILES string of the molecule is CC(C)C(CS(=O)(=O)C(C)C)N1C(=O)[C@@](C)(CC(=O)NS(=N)(=O)C2(C)CC2)C[C@H](c2cccc(Cl)c2)[C@H]1c1ccc(Cl)cc1. The van der Waals surface area contributed by atoms with Crippen molar-refractivity contribution < 1.29 is 22.2 Å². The minimum atomic E-state index is -3.59. The number of halogens is 2. The molecule has 0 bridgehead atoms. The van der Waals surface area contributed by atoms with Gasteiger partial charge in [0.05, 0.1) is 27.2 Å². The maximum atomic E-state index is 14.8. The van der Waals surface area contributed by atoms with Crippen molar-refractivity contribution in [1.29, 1.82) is 4.78 Å². The van der Waals surface area contributed by atoms with Gasteiger partial charge in [0.1, 0.15) is 9.92 Å². The van der Waals surface area contributed by atoms with Gasteiger partial charge < -0.3 is 4.90 Å². The van der Waals surface area contributed by atoms with Gasteiger partial charge in [0, 0.05) is 28.4 Å². The number of carbonyl (C=O) groups excluding carboxylic acids is 2. The van der Waals surface area contributed by atoms with Gasteiger partial charge in [-0.15, -0.1) is 0 Å². The van der Waals surface area contributed by atoms with Crippen LogP contribution in [-0.2, 0) is 29.3 Å². The number of rotatable bonds is 11. The number of amides is 2. The highest BCUT2D eigenvalue weighted by Crippen LogP contribution is 2.53. The van der Waals surface area contributed by atoms with Crippen LogP contribution in [0, 0.1) is 16.1 Å². The van der Waals surface area contributed by atoms with Gasteiger partial charge in [0.15, 0.2) is 9.84 Å². The van der Waals surface area contributed by atoms with Crippen molar-refractivity contribution >= 4 is 54.8 Å². The van der Waals surface area contributed by atoms with Crippen molar-refractivity contribution in [3.8, 4) is 0 Å². The van der Waals surface area contributed by atoms with Gasteiger partial charge in [-0.25, -0.2) is 17.4 Å². The van der Waals surface area contributed by atoms with E-state index in [9.17, 15) is 22.2 Å². The van der Waals surface area contributed by atoms with Crippen molar-refractivity contribution in [3.05, 3.63) is 69.7 Å². The Hall–Kier alpha value is -2.14. The molecule has 2 aromatic rings. The van der Waals surface area contributed by atoms with E-state index >= 15 is 0 Å². The lowest BCUT2D eigenvalue weighted by molar-refractivity contribution is -0.157. The molecule has 0 spiro atoms. The summed E-state index contributed by atoms with van der Waals surface area (Å²) in [5, 5.41) is 0.386. The Morgan fingerprint density at radius 1 is 1.00 bits per heavy atom. The summed E-state index contributed by atoms with van der Waals surface area (Å²) in [6, 6.07) is 13.2. The van der Waals surface area contributed by atoms with E-state index in [1.54, 1.807) is 50.8 Å². The molecule has 1 saturated heterocycles. The molecule has 8 nitrogen and oxygen atoms in total. The fraction of sp³-hybridized carbons (Fsp3) is 0.562. The average molecular weight is 685 g/mol. The normalized spacial score (nSPS) is 25.5. The maximum Gasteiger partial charge on any atom is 0.233 e. The van der Waals surface area contributed by atoms with E-state index in [0.29, 0.717) is 22.9 Å². The summed E-state index contributed by atoms with van der Waals surface area (Å²) in [6.07, 6.45) is 1.10. The zero-order valence-corrected chi connectivity index (χ0v) is 29.2. The molecule has 0 radical (unpaired) electrons. The summed E-state index contributed by atoms with van der Waals surface area (Å²) in [7, 11) is -7.01. The lowest BCUT2D eigenvalue weighted by atomic mass is 9.66. The van der Waals surface area contributed by atoms with Crippen molar-refractivity contribution in [1.82, 2.24) is 9.62 Å². The highest BCUT2D eigenvalue weighted by atomic mass is 35.5. The predicted octanol–water partition coefficient (Wildman–Crippen LogP) is 6.93. The smallest absolute Gasteiger partial charge is 0.233 e. The number of benzene rings is 2. The average Bonchev–Trinajstić information content (AvgIpc) is 3.68. The van der Waals surface area contributed by atoms with Gasteiger partial charge in [-0.2, -0.15) is 0 Å². The molecular weight excluding hydrogens is 641 g/mol. The maximum absolute atomic E-state index is 14.8. The number of sulfone groups is 1. The molecule has 0 aromatic heterocycles. The third-order valence-corrected chi connectivity index (χ3v) is 14.3. The van der Waals surface area contributed by atoms with E-state index in [2.05, 4.69) is 4.72 Å². The van der Waals surface area contributed by atoms with Crippen LogP contribution in [0.1, 0.15) is 90.3 Å². The number of likely N-dealkylation sites (tertiary alicyclic amines) is 1. The molecule has 4 rings (SSSR count). The number of nitrogens with zero attached hydrogens (tertiary/aromatic N) is 1. The molecule has 1 heterocycles. The molecule has 2 N–H and O–H groups in total. The van der Waals surface area contributed by atoms with Gasteiger partial charge in [0.25, 0.3) is 0 Å². The topological polar surface area (TPSA) is 124 Å². The van der Waals surface area contributed by atoms with Crippen LogP contribution in [0.5, 0.6) is 0 Å². The summed E-state index contributed by atoms with van der Waals surface area (Å²) in [5.74, 6) is -1.88. The third kappa shape index (κ3) is 7.13. The monoisotopic (exact) mass is 683 g/mol. The highest BCUT2D eigenvalue weighted by molar-refractivity contribution is 7.92. The van der Waals surface area contributed by atoms with Crippen LogP contribution < -0.4 is 4.72 Å². The van der Waals surface area contributed by atoms with Gasteiger partial charge >= 0.3 is 0 Å². The fourth-order valence-corrected chi connectivity index (χ4v) is 9.12. The molecular formula is C32H43Cl2N3O5S2. The van der Waals surface area contributed by atoms with E-state index in [-0.39, 0.29) is 36.3 Å². The largest absolute Gasteiger partial charge is 0.330 e. The third-order valence-electron chi connectivity index (χ3n) is 9.29. The minimum Gasteiger partial charge on any atom is -0.330 e. The molecule has 2 aliphatic rings. The molecule has 1 aliphatic heterocycles.